The molecule has 0 unspecified atom stereocenters. The van der Waals surface area contributed by atoms with Crippen LogP contribution in [0.2, 0.25) is 10.0 Å². The van der Waals surface area contributed by atoms with E-state index in [1.165, 1.54) is 18.2 Å². The Hall–Kier alpha value is -2.23. The normalized spacial score (nSPS) is 10.7. The summed E-state index contributed by atoms with van der Waals surface area (Å²) in [4.78, 5) is 21.6. The molecule has 0 bridgehead atoms. The van der Waals surface area contributed by atoms with Crippen LogP contribution in [0.25, 0.3) is 0 Å². The zero-order valence-electron chi connectivity index (χ0n) is 15.2. The first-order valence-corrected chi connectivity index (χ1v) is 10.3. The van der Waals surface area contributed by atoms with Crippen LogP contribution in [-0.2, 0) is 27.9 Å². The summed E-state index contributed by atoms with van der Waals surface area (Å²) in [5.74, 6) is -1.95. The number of carbonyl (C=O) groups is 2. The second-order valence-electron chi connectivity index (χ2n) is 5.58. The molecule has 0 spiro atoms. The molecule has 0 aliphatic carbocycles. The number of hydrogen-bond donors (Lipinski definition) is 1. The molecule has 2 aromatic carbocycles. The number of hydrogen-bond acceptors (Lipinski definition) is 5. The summed E-state index contributed by atoms with van der Waals surface area (Å²) in [6.07, 6.45) is 0.949. The molecule has 2 rings (SSSR count). The van der Waals surface area contributed by atoms with Crippen molar-refractivity contribution >= 4 is 45.0 Å². The molecule has 0 heterocycles. The highest BCUT2D eigenvalue weighted by Crippen LogP contribution is 2.26. The van der Waals surface area contributed by atoms with E-state index in [1.807, 2.05) is 0 Å². The topological polar surface area (TPSA) is 97.7 Å². The van der Waals surface area contributed by atoms with E-state index in [4.69, 9.17) is 28.3 Å². The van der Waals surface area contributed by atoms with Gasteiger partial charge in [0.25, 0.3) is 0 Å². The quantitative estimate of drug-likeness (QED) is 0.648. The van der Waals surface area contributed by atoms with Gasteiger partial charge in [0.1, 0.15) is 13.3 Å². The number of ether oxygens (including phenoxy) is 1. The third kappa shape index (κ3) is 6.66. The summed E-state index contributed by atoms with van der Waals surface area (Å²) in [5, 5.41) is 8.80. The van der Waals surface area contributed by atoms with Gasteiger partial charge in [-0.15, -0.1) is 0 Å². The average molecular weight is 469 g/mol. The Kier molecular flexibility index (Phi) is 9.00. The zero-order valence-corrected chi connectivity index (χ0v) is 17.5. The molecule has 0 atom stereocenters. The Morgan fingerprint density at radius 2 is 1.59 bits per heavy atom. The SMILES string of the molecule is COC(=O)c1cc(S(C)(=O)=O)c(Cl)cc1CF.O=C(O)c1ccc(Cl)cc1CF. The molecule has 0 saturated carbocycles. The smallest absolute Gasteiger partial charge is 0.338 e. The lowest BCUT2D eigenvalue weighted by molar-refractivity contribution is 0.0597. The minimum Gasteiger partial charge on any atom is -0.478 e. The molecular formula is C18H16Cl2F2O6S. The van der Waals surface area contributed by atoms with Gasteiger partial charge in [0.2, 0.25) is 0 Å². The highest BCUT2D eigenvalue weighted by Gasteiger charge is 2.20. The second kappa shape index (κ2) is 10.5. The summed E-state index contributed by atoms with van der Waals surface area (Å²) in [7, 11) is -2.46. The van der Waals surface area contributed by atoms with Crippen LogP contribution < -0.4 is 0 Å². The van der Waals surface area contributed by atoms with Gasteiger partial charge in [-0.3, -0.25) is 0 Å². The molecule has 0 amide bonds. The lowest BCUT2D eigenvalue weighted by Crippen LogP contribution is -2.08. The van der Waals surface area contributed by atoms with Gasteiger partial charge in [-0.05, 0) is 41.5 Å². The van der Waals surface area contributed by atoms with Crippen molar-refractivity contribution in [1.82, 2.24) is 0 Å². The fourth-order valence-electron chi connectivity index (χ4n) is 2.17. The number of carboxylic acid groups (broad SMARTS) is 1. The van der Waals surface area contributed by atoms with Gasteiger partial charge in [-0.1, -0.05) is 23.2 Å². The maximum absolute atomic E-state index is 12.7. The van der Waals surface area contributed by atoms with E-state index in [2.05, 4.69) is 4.74 Å². The van der Waals surface area contributed by atoms with Gasteiger partial charge < -0.3 is 9.84 Å². The van der Waals surface area contributed by atoms with E-state index in [1.54, 1.807) is 0 Å². The first kappa shape index (κ1) is 24.8. The maximum Gasteiger partial charge on any atom is 0.338 e. The maximum atomic E-state index is 12.7. The third-order valence-corrected chi connectivity index (χ3v) is 5.34. The summed E-state index contributed by atoms with van der Waals surface area (Å²) in [6, 6.07) is 6.16. The van der Waals surface area contributed by atoms with Crippen LogP contribution >= 0.6 is 23.2 Å². The molecule has 0 saturated heterocycles. The molecule has 0 aromatic heterocycles. The number of sulfone groups is 1. The van der Waals surface area contributed by atoms with E-state index >= 15 is 0 Å². The lowest BCUT2D eigenvalue weighted by atomic mass is 10.1. The molecule has 1 N–H and O–H groups in total. The molecule has 0 fully saturated rings. The molecule has 6 nitrogen and oxygen atoms in total. The molecule has 11 heteroatoms. The van der Waals surface area contributed by atoms with E-state index in [-0.39, 0.29) is 32.2 Å². The van der Waals surface area contributed by atoms with E-state index in [0.717, 1.165) is 25.5 Å². The number of esters is 1. The monoisotopic (exact) mass is 468 g/mol. The molecule has 29 heavy (non-hydrogen) atoms. The van der Waals surface area contributed by atoms with Crippen LogP contribution in [0, 0.1) is 0 Å². The van der Waals surface area contributed by atoms with Crippen LogP contribution in [0.5, 0.6) is 0 Å². The third-order valence-electron chi connectivity index (χ3n) is 3.55. The summed E-state index contributed by atoms with van der Waals surface area (Å²) in [5.41, 5.74) is -0.0778. The first-order chi connectivity index (χ1) is 13.5. The Bertz CT molecular complexity index is 1030. The number of carboxylic acids is 1. The Balaban J connectivity index is 0.000000308. The second-order valence-corrected chi connectivity index (χ2v) is 8.41. The van der Waals surface area contributed by atoms with Crippen molar-refractivity contribution < 1.29 is 36.6 Å². The predicted octanol–water partition coefficient (Wildman–Crippen LogP) is 4.51. The van der Waals surface area contributed by atoms with Crippen LogP contribution in [0.1, 0.15) is 31.8 Å². The lowest BCUT2D eigenvalue weighted by Gasteiger charge is -2.09. The number of aromatic carboxylic acids is 1. The van der Waals surface area contributed by atoms with E-state index in [9.17, 15) is 26.8 Å². The number of halogens is 4. The summed E-state index contributed by atoms with van der Waals surface area (Å²) >= 11 is 11.3. The highest BCUT2D eigenvalue weighted by molar-refractivity contribution is 7.90. The number of benzene rings is 2. The van der Waals surface area contributed by atoms with Crippen molar-refractivity contribution in [3.63, 3.8) is 0 Å². The Morgan fingerprint density at radius 1 is 1.03 bits per heavy atom. The first-order valence-electron chi connectivity index (χ1n) is 7.70. The predicted molar refractivity (Wildman–Crippen MR) is 104 cm³/mol. The van der Waals surface area contributed by atoms with Gasteiger partial charge in [-0.2, -0.15) is 0 Å². The van der Waals surface area contributed by atoms with Crippen molar-refractivity contribution in [3.05, 3.63) is 62.6 Å². The average Bonchev–Trinajstić information content (AvgIpc) is 2.66. The van der Waals surface area contributed by atoms with Gasteiger partial charge >= 0.3 is 11.9 Å². The van der Waals surface area contributed by atoms with Gasteiger partial charge in [0.15, 0.2) is 9.84 Å². The van der Waals surface area contributed by atoms with Crippen molar-refractivity contribution in [1.29, 1.82) is 0 Å². The number of methoxy groups -OCH3 is 1. The van der Waals surface area contributed by atoms with Crippen LogP contribution in [0.3, 0.4) is 0 Å². The molecule has 2 aromatic rings. The molecule has 158 valence electrons. The molecule has 0 radical (unpaired) electrons. The van der Waals surface area contributed by atoms with E-state index < -0.39 is 35.1 Å². The fourth-order valence-corrected chi connectivity index (χ4v) is 3.72. The number of rotatable bonds is 5. The van der Waals surface area contributed by atoms with Crippen molar-refractivity contribution in [2.24, 2.45) is 0 Å². The van der Waals surface area contributed by atoms with Crippen molar-refractivity contribution in [2.45, 2.75) is 18.2 Å². The number of carbonyl (C=O) groups excluding carboxylic acids is 1. The van der Waals surface area contributed by atoms with Crippen molar-refractivity contribution in [2.75, 3.05) is 13.4 Å². The molecular weight excluding hydrogens is 453 g/mol. The van der Waals surface area contributed by atoms with Gasteiger partial charge in [0, 0.05) is 11.3 Å². The van der Waals surface area contributed by atoms with Crippen LogP contribution in [0.4, 0.5) is 8.78 Å². The summed E-state index contributed by atoms with van der Waals surface area (Å²) in [6.45, 7) is -1.75. The largest absolute Gasteiger partial charge is 0.478 e. The highest BCUT2D eigenvalue weighted by atomic mass is 35.5. The fraction of sp³-hybridized carbons (Fsp3) is 0.222. The minimum atomic E-state index is -3.58. The minimum absolute atomic E-state index is 0.00532. The molecule has 0 aliphatic rings. The van der Waals surface area contributed by atoms with Crippen LogP contribution in [0.15, 0.2) is 35.2 Å². The summed E-state index contributed by atoms with van der Waals surface area (Å²) < 4.78 is 52.1. The van der Waals surface area contributed by atoms with E-state index in [0.29, 0.717) is 5.02 Å². The van der Waals surface area contributed by atoms with Gasteiger partial charge in [-0.25, -0.2) is 26.8 Å². The van der Waals surface area contributed by atoms with Gasteiger partial charge in [0.05, 0.1) is 28.2 Å². The Labute approximate surface area is 175 Å². The molecule has 0 aliphatic heterocycles. The Morgan fingerprint density at radius 3 is 2.03 bits per heavy atom. The van der Waals surface area contributed by atoms with Crippen LogP contribution in [-0.4, -0.2) is 38.8 Å². The number of alkyl halides is 2. The zero-order chi connectivity index (χ0) is 22.4. The standard InChI is InChI=1S/C10H10ClFO4S.C8H6ClFO2/c1-16-10(13)7-4-9(17(2,14)15)8(11)3-6(7)5-12;9-6-1-2-7(8(11)12)5(3-6)4-10/h3-4H,5H2,1-2H3;1-3H,4H2,(H,11,12). The van der Waals surface area contributed by atoms with Crippen molar-refractivity contribution in [3.8, 4) is 0 Å².